The fourth-order valence-corrected chi connectivity index (χ4v) is 2.72. The third-order valence-corrected chi connectivity index (χ3v) is 3.85. The van der Waals surface area contributed by atoms with Gasteiger partial charge < -0.3 is 15.9 Å². The van der Waals surface area contributed by atoms with Gasteiger partial charge in [0.25, 0.3) is 0 Å². The average Bonchev–Trinajstić information content (AvgIpc) is 2.43. The molecule has 2 aromatic rings. The predicted molar refractivity (Wildman–Crippen MR) is 78.4 cm³/mol. The van der Waals surface area contributed by atoms with E-state index in [0.29, 0.717) is 6.54 Å². The highest BCUT2D eigenvalue weighted by atomic mass is 16.3. The zero-order valence-electron chi connectivity index (χ0n) is 11.2. The Morgan fingerprint density at radius 1 is 1.15 bits per heavy atom. The van der Waals surface area contributed by atoms with Crippen LogP contribution < -0.4 is 5.73 Å². The standard InChI is InChI=1S/C16H18N2O2/c17-15-3-1-2-11-6-7-18(10-14(11)15)9-12-4-5-13(19)8-16(12)20/h1-5,8,19-20H,6-7,9-10,17H2. The van der Waals surface area contributed by atoms with Gasteiger partial charge >= 0.3 is 0 Å². The number of nitrogens with zero attached hydrogens (tertiary/aromatic N) is 1. The lowest BCUT2D eigenvalue weighted by molar-refractivity contribution is 0.243. The molecule has 0 saturated heterocycles. The number of benzene rings is 2. The molecule has 4 heteroatoms. The van der Waals surface area contributed by atoms with Crippen LogP contribution in [0.4, 0.5) is 5.69 Å². The van der Waals surface area contributed by atoms with Crippen LogP contribution in [0, 0.1) is 0 Å². The minimum atomic E-state index is 0.0829. The van der Waals surface area contributed by atoms with Crippen molar-refractivity contribution in [3.8, 4) is 11.5 Å². The third kappa shape index (κ3) is 2.42. The first-order valence-electron chi connectivity index (χ1n) is 6.73. The monoisotopic (exact) mass is 270 g/mol. The molecule has 1 aliphatic rings. The number of phenolic OH excluding ortho intramolecular Hbond substituents is 2. The summed E-state index contributed by atoms with van der Waals surface area (Å²) in [6.45, 7) is 2.39. The first-order chi connectivity index (χ1) is 9.63. The molecule has 0 spiro atoms. The lowest BCUT2D eigenvalue weighted by atomic mass is 9.97. The fraction of sp³-hybridized carbons (Fsp3) is 0.250. The summed E-state index contributed by atoms with van der Waals surface area (Å²) in [7, 11) is 0. The van der Waals surface area contributed by atoms with Crippen molar-refractivity contribution < 1.29 is 10.2 Å². The number of nitrogen functional groups attached to an aromatic ring is 1. The lowest BCUT2D eigenvalue weighted by Gasteiger charge is -2.29. The Hall–Kier alpha value is -2.20. The molecule has 1 aliphatic heterocycles. The molecule has 0 unspecified atom stereocenters. The molecule has 3 rings (SSSR count). The largest absolute Gasteiger partial charge is 0.508 e. The first kappa shape index (κ1) is 12.8. The Morgan fingerprint density at radius 2 is 2.00 bits per heavy atom. The van der Waals surface area contributed by atoms with Crippen LogP contribution in [-0.4, -0.2) is 21.7 Å². The van der Waals surface area contributed by atoms with Gasteiger partial charge in [0.1, 0.15) is 11.5 Å². The maximum absolute atomic E-state index is 9.86. The van der Waals surface area contributed by atoms with Crippen molar-refractivity contribution in [2.45, 2.75) is 19.5 Å². The van der Waals surface area contributed by atoms with Crippen LogP contribution in [-0.2, 0) is 19.5 Å². The van der Waals surface area contributed by atoms with Gasteiger partial charge in [-0.05, 0) is 29.7 Å². The number of hydrogen-bond donors (Lipinski definition) is 3. The molecule has 0 fully saturated rings. The Bertz CT molecular complexity index is 640. The summed E-state index contributed by atoms with van der Waals surface area (Å²) >= 11 is 0. The minimum absolute atomic E-state index is 0.0829. The number of rotatable bonds is 2. The summed E-state index contributed by atoms with van der Waals surface area (Å²) in [6.07, 6.45) is 0.971. The summed E-state index contributed by atoms with van der Waals surface area (Å²) in [5, 5.41) is 19.2. The fourth-order valence-electron chi connectivity index (χ4n) is 2.72. The topological polar surface area (TPSA) is 69.7 Å². The third-order valence-electron chi connectivity index (χ3n) is 3.85. The van der Waals surface area contributed by atoms with Crippen LogP contribution in [0.2, 0.25) is 0 Å². The van der Waals surface area contributed by atoms with Crippen LogP contribution in [0.25, 0.3) is 0 Å². The Labute approximate surface area is 118 Å². The highest BCUT2D eigenvalue weighted by Crippen LogP contribution is 2.28. The number of fused-ring (bicyclic) bond motifs is 1. The number of anilines is 1. The zero-order chi connectivity index (χ0) is 14.1. The highest BCUT2D eigenvalue weighted by molar-refractivity contribution is 5.51. The van der Waals surface area contributed by atoms with E-state index >= 15 is 0 Å². The summed E-state index contributed by atoms with van der Waals surface area (Å²) in [5.74, 6) is 0.219. The SMILES string of the molecule is Nc1cccc2c1CN(Cc1ccc(O)cc1O)CC2. The van der Waals surface area contributed by atoms with Crippen LogP contribution in [0.5, 0.6) is 11.5 Å². The van der Waals surface area contributed by atoms with Crippen molar-refractivity contribution in [2.24, 2.45) is 0 Å². The molecule has 20 heavy (non-hydrogen) atoms. The summed E-state index contributed by atoms with van der Waals surface area (Å²) in [5.41, 5.74) is 10.2. The molecular formula is C16H18N2O2. The van der Waals surface area contributed by atoms with Gasteiger partial charge in [0.15, 0.2) is 0 Å². The molecule has 104 valence electrons. The quantitative estimate of drug-likeness (QED) is 0.732. The molecular weight excluding hydrogens is 252 g/mol. The number of phenols is 2. The van der Waals surface area contributed by atoms with Gasteiger partial charge in [-0.1, -0.05) is 18.2 Å². The second kappa shape index (κ2) is 5.06. The van der Waals surface area contributed by atoms with E-state index in [4.69, 9.17) is 5.73 Å². The maximum atomic E-state index is 9.86. The van der Waals surface area contributed by atoms with Gasteiger partial charge in [-0.2, -0.15) is 0 Å². The Balaban J connectivity index is 1.79. The molecule has 0 radical (unpaired) electrons. The molecule has 0 bridgehead atoms. The molecule has 0 amide bonds. The number of aromatic hydroxyl groups is 2. The molecule has 4 N–H and O–H groups in total. The van der Waals surface area contributed by atoms with E-state index in [2.05, 4.69) is 11.0 Å². The first-order valence-corrected chi connectivity index (χ1v) is 6.73. The van der Waals surface area contributed by atoms with Crippen molar-refractivity contribution >= 4 is 5.69 Å². The van der Waals surface area contributed by atoms with Gasteiger partial charge in [-0.15, -0.1) is 0 Å². The lowest BCUT2D eigenvalue weighted by Crippen LogP contribution is -2.30. The van der Waals surface area contributed by atoms with E-state index in [1.807, 2.05) is 12.1 Å². The van der Waals surface area contributed by atoms with E-state index < -0.39 is 0 Å². The van der Waals surface area contributed by atoms with Gasteiger partial charge in [0, 0.05) is 37.0 Å². The molecule has 2 aromatic carbocycles. The van der Waals surface area contributed by atoms with Crippen molar-refractivity contribution in [3.63, 3.8) is 0 Å². The smallest absolute Gasteiger partial charge is 0.123 e. The second-order valence-electron chi connectivity index (χ2n) is 5.26. The summed E-state index contributed by atoms with van der Waals surface area (Å²) in [6, 6.07) is 10.8. The number of hydrogen-bond acceptors (Lipinski definition) is 4. The maximum Gasteiger partial charge on any atom is 0.123 e. The van der Waals surface area contributed by atoms with Crippen molar-refractivity contribution in [1.82, 2.24) is 4.90 Å². The van der Waals surface area contributed by atoms with Crippen molar-refractivity contribution in [3.05, 3.63) is 53.1 Å². The van der Waals surface area contributed by atoms with Gasteiger partial charge in [0.05, 0.1) is 0 Å². The molecule has 1 heterocycles. The van der Waals surface area contributed by atoms with E-state index in [1.165, 1.54) is 17.2 Å². The van der Waals surface area contributed by atoms with Crippen molar-refractivity contribution in [2.75, 3.05) is 12.3 Å². The van der Waals surface area contributed by atoms with Gasteiger partial charge in [-0.3, -0.25) is 4.90 Å². The molecule has 0 saturated carbocycles. The van der Waals surface area contributed by atoms with Gasteiger partial charge in [0.2, 0.25) is 0 Å². The van der Waals surface area contributed by atoms with Crippen molar-refractivity contribution in [1.29, 1.82) is 0 Å². The predicted octanol–water partition coefficient (Wildman–Crippen LogP) is 2.24. The second-order valence-corrected chi connectivity index (χ2v) is 5.26. The van der Waals surface area contributed by atoms with Crippen LogP contribution in [0.1, 0.15) is 16.7 Å². The molecule has 0 aliphatic carbocycles. The number of nitrogens with two attached hydrogens (primary N) is 1. The van der Waals surface area contributed by atoms with Crippen LogP contribution >= 0.6 is 0 Å². The minimum Gasteiger partial charge on any atom is -0.508 e. The Morgan fingerprint density at radius 3 is 2.80 bits per heavy atom. The zero-order valence-corrected chi connectivity index (χ0v) is 11.2. The molecule has 0 atom stereocenters. The van der Waals surface area contributed by atoms with Crippen LogP contribution in [0.15, 0.2) is 36.4 Å². The van der Waals surface area contributed by atoms with Crippen LogP contribution in [0.3, 0.4) is 0 Å². The van der Waals surface area contributed by atoms with E-state index in [1.54, 1.807) is 12.1 Å². The Kier molecular flexibility index (Phi) is 3.24. The normalized spacial score (nSPS) is 15.0. The van der Waals surface area contributed by atoms with E-state index in [0.717, 1.165) is 30.8 Å². The summed E-state index contributed by atoms with van der Waals surface area (Å²) in [4.78, 5) is 2.25. The molecule has 4 nitrogen and oxygen atoms in total. The van der Waals surface area contributed by atoms with Gasteiger partial charge in [-0.25, -0.2) is 0 Å². The van der Waals surface area contributed by atoms with E-state index in [9.17, 15) is 10.2 Å². The highest BCUT2D eigenvalue weighted by Gasteiger charge is 2.19. The average molecular weight is 270 g/mol. The summed E-state index contributed by atoms with van der Waals surface area (Å²) < 4.78 is 0. The molecule has 0 aromatic heterocycles. The van der Waals surface area contributed by atoms with E-state index in [-0.39, 0.29) is 11.5 Å².